The summed E-state index contributed by atoms with van der Waals surface area (Å²) in [6.45, 7) is 8.39. The van der Waals surface area contributed by atoms with Crippen molar-refractivity contribution in [3.63, 3.8) is 0 Å². The SMILES string of the molecule is CCN(CC)CC(=O)Nc1cc(-c2ccccc2C)nn1CCO. The Balaban J connectivity index is 2.23. The summed E-state index contributed by atoms with van der Waals surface area (Å²) in [5, 5.41) is 16.7. The Hall–Kier alpha value is -2.18. The maximum atomic E-state index is 12.3. The van der Waals surface area contributed by atoms with Crippen LogP contribution in [0.3, 0.4) is 0 Å². The molecular formula is C18H26N4O2. The summed E-state index contributed by atoms with van der Waals surface area (Å²) in [6.07, 6.45) is 0. The van der Waals surface area contributed by atoms with Gasteiger partial charge in [0, 0.05) is 11.6 Å². The van der Waals surface area contributed by atoms with E-state index in [1.54, 1.807) is 4.68 Å². The summed E-state index contributed by atoms with van der Waals surface area (Å²) in [6, 6.07) is 9.84. The highest BCUT2D eigenvalue weighted by atomic mass is 16.3. The zero-order chi connectivity index (χ0) is 17.5. The average Bonchev–Trinajstić information content (AvgIpc) is 2.95. The topological polar surface area (TPSA) is 70.4 Å². The number of aliphatic hydroxyl groups excluding tert-OH is 1. The molecule has 0 radical (unpaired) electrons. The van der Waals surface area contributed by atoms with Crippen LogP contribution in [0.4, 0.5) is 5.82 Å². The molecule has 1 aromatic carbocycles. The van der Waals surface area contributed by atoms with Crippen molar-refractivity contribution in [2.45, 2.75) is 27.3 Å². The van der Waals surface area contributed by atoms with Gasteiger partial charge in [-0.25, -0.2) is 4.68 Å². The van der Waals surface area contributed by atoms with E-state index < -0.39 is 0 Å². The van der Waals surface area contributed by atoms with Gasteiger partial charge >= 0.3 is 0 Å². The second kappa shape index (κ2) is 8.61. The largest absolute Gasteiger partial charge is 0.394 e. The summed E-state index contributed by atoms with van der Waals surface area (Å²) in [7, 11) is 0. The monoisotopic (exact) mass is 330 g/mol. The fourth-order valence-corrected chi connectivity index (χ4v) is 2.61. The zero-order valence-corrected chi connectivity index (χ0v) is 14.6. The van der Waals surface area contributed by atoms with Crippen LogP contribution >= 0.6 is 0 Å². The highest BCUT2D eigenvalue weighted by Crippen LogP contribution is 2.24. The number of rotatable bonds is 8. The summed E-state index contributed by atoms with van der Waals surface area (Å²) in [5.41, 5.74) is 2.93. The number of hydrogen-bond acceptors (Lipinski definition) is 4. The van der Waals surface area contributed by atoms with Crippen LogP contribution in [0.2, 0.25) is 0 Å². The summed E-state index contributed by atoms with van der Waals surface area (Å²) < 4.78 is 1.64. The van der Waals surface area contributed by atoms with E-state index in [2.05, 4.69) is 10.4 Å². The second-order valence-corrected chi connectivity index (χ2v) is 5.69. The van der Waals surface area contributed by atoms with E-state index in [1.165, 1.54) is 0 Å². The van der Waals surface area contributed by atoms with Gasteiger partial charge in [-0.1, -0.05) is 38.1 Å². The first-order chi connectivity index (χ1) is 11.6. The molecular weight excluding hydrogens is 304 g/mol. The average molecular weight is 330 g/mol. The lowest BCUT2D eigenvalue weighted by Crippen LogP contribution is -2.33. The van der Waals surface area contributed by atoms with Gasteiger partial charge in [0.15, 0.2) is 0 Å². The number of benzene rings is 1. The first kappa shape index (κ1) is 18.2. The van der Waals surface area contributed by atoms with Gasteiger partial charge in [0.25, 0.3) is 0 Å². The number of hydrogen-bond donors (Lipinski definition) is 2. The molecule has 2 rings (SSSR count). The van der Waals surface area contributed by atoms with Crippen molar-refractivity contribution in [1.29, 1.82) is 0 Å². The van der Waals surface area contributed by atoms with Crippen molar-refractivity contribution in [2.24, 2.45) is 0 Å². The number of aliphatic hydroxyl groups is 1. The van der Waals surface area contributed by atoms with Crippen molar-refractivity contribution in [3.8, 4) is 11.3 Å². The van der Waals surface area contributed by atoms with Gasteiger partial charge in [-0.3, -0.25) is 9.69 Å². The van der Waals surface area contributed by atoms with Crippen LogP contribution in [0.1, 0.15) is 19.4 Å². The van der Waals surface area contributed by atoms with Crippen LogP contribution in [-0.2, 0) is 11.3 Å². The van der Waals surface area contributed by atoms with Gasteiger partial charge in [-0.15, -0.1) is 0 Å². The molecule has 0 aliphatic rings. The first-order valence-corrected chi connectivity index (χ1v) is 8.35. The van der Waals surface area contributed by atoms with Crippen molar-refractivity contribution in [2.75, 3.05) is 31.6 Å². The van der Waals surface area contributed by atoms with E-state index >= 15 is 0 Å². The van der Waals surface area contributed by atoms with Crippen molar-refractivity contribution < 1.29 is 9.90 Å². The van der Waals surface area contributed by atoms with Crippen LogP contribution in [0.25, 0.3) is 11.3 Å². The normalized spacial score (nSPS) is 11.0. The van der Waals surface area contributed by atoms with Crippen molar-refractivity contribution in [1.82, 2.24) is 14.7 Å². The molecule has 0 aliphatic heterocycles. The molecule has 0 bridgehead atoms. The molecule has 0 aliphatic carbocycles. The minimum Gasteiger partial charge on any atom is -0.394 e. The number of carbonyl (C=O) groups is 1. The van der Waals surface area contributed by atoms with Crippen LogP contribution in [0.5, 0.6) is 0 Å². The molecule has 130 valence electrons. The van der Waals surface area contributed by atoms with E-state index in [0.717, 1.165) is 29.9 Å². The number of aromatic nitrogens is 2. The van der Waals surface area contributed by atoms with E-state index in [-0.39, 0.29) is 12.5 Å². The Labute approximate surface area is 143 Å². The van der Waals surface area contributed by atoms with Crippen LogP contribution < -0.4 is 5.32 Å². The third kappa shape index (κ3) is 4.43. The number of aryl methyl sites for hydroxylation is 1. The Bertz CT molecular complexity index is 677. The first-order valence-electron chi connectivity index (χ1n) is 8.35. The molecule has 24 heavy (non-hydrogen) atoms. The molecule has 6 heteroatoms. The standard InChI is InChI=1S/C18H26N4O2/c1-4-21(5-2)13-18(24)19-17-12-16(20-22(17)10-11-23)15-9-7-6-8-14(15)3/h6-9,12,23H,4-5,10-11,13H2,1-3H3,(H,19,24). The van der Waals surface area contributed by atoms with E-state index in [9.17, 15) is 9.90 Å². The Morgan fingerprint density at radius 2 is 2.00 bits per heavy atom. The number of anilines is 1. The summed E-state index contributed by atoms with van der Waals surface area (Å²) in [4.78, 5) is 14.3. The van der Waals surface area contributed by atoms with E-state index in [1.807, 2.05) is 56.0 Å². The number of likely N-dealkylation sites (N-methyl/N-ethyl adjacent to an activating group) is 1. The Morgan fingerprint density at radius 3 is 2.62 bits per heavy atom. The molecule has 6 nitrogen and oxygen atoms in total. The predicted molar refractivity (Wildman–Crippen MR) is 95.9 cm³/mol. The molecule has 0 fully saturated rings. The maximum Gasteiger partial charge on any atom is 0.239 e. The molecule has 1 aromatic heterocycles. The number of nitrogens with zero attached hydrogens (tertiary/aromatic N) is 3. The third-order valence-corrected chi connectivity index (χ3v) is 4.04. The smallest absolute Gasteiger partial charge is 0.239 e. The highest BCUT2D eigenvalue weighted by molar-refractivity contribution is 5.92. The molecule has 0 spiro atoms. The highest BCUT2D eigenvalue weighted by Gasteiger charge is 2.14. The molecule has 0 atom stereocenters. The molecule has 1 heterocycles. The lowest BCUT2D eigenvalue weighted by molar-refractivity contribution is -0.117. The molecule has 2 N–H and O–H groups in total. The fraction of sp³-hybridized carbons (Fsp3) is 0.444. The van der Waals surface area contributed by atoms with Gasteiger partial charge in [-0.2, -0.15) is 5.10 Å². The zero-order valence-electron chi connectivity index (χ0n) is 14.6. The summed E-state index contributed by atoms with van der Waals surface area (Å²) in [5.74, 6) is 0.536. The van der Waals surface area contributed by atoms with Gasteiger partial charge in [-0.05, 0) is 25.6 Å². The van der Waals surface area contributed by atoms with Crippen LogP contribution in [-0.4, -0.2) is 51.9 Å². The molecule has 2 aromatic rings. The third-order valence-electron chi connectivity index (χ3n) is 4.04. The fourth-order valence-electron chi connectivity index (χ4n) is 2.61. The van der Waals surface area contributed by atoms with E-state index in [4.69, 9.17) is 0 Å². The van der Waals surface area contributed by atoms with Gasteiger partial charge in [0.1, 0.15) is 5.82 Å². The Morgan fingerprint density at radius 1 is 1.29 bits per heavy atom. The summed E-state index contributed by atoms with van der Waals surface area (Å²) >= 11 is 0. The molecule has 0 saturated carbocycles. The van der Waals surface area contributed by atoms with Gasteiger partial charge < -0.3 is 10.4 Å². The number of nitrogens with one attached hydrogen (secondary N) is 1. The second-order valence-electron chi connectivity index (χ2n) is 5.69. The Kier molecular flexibility index (Phi) is 6.52. The lowest BCUT2D eigenvalue weighted by Gasteiger charge is -2.17. The van der Waals surface area contributed by atoms with Crippen LogP contribution in [0, 0.1) is 6.92 Å². The number of amides is 1. The lowest BCUT2D eigenvalue weighted by atomic mass is 10.1. The van der Waals surface area contributed by atoms with Crippen molar-refractivity contribution in [3.05, 3.63) is 35.9 Å². The predicted octanol–water partition coefficient (Wildman–Crippen LogP) is 2.13. The van der Waals surface area contributed by atoms with Crippen molar-refractivity contribution >= 4 is 11.7 Å². The number of carbonyl (C=O) groups excluding carboxylic acids is 1. The molecule has 0 unspecified atom stereocenters. The van der Waals surface area contributed by atoms with Gasteiger partial charge in [0.05, 0.1) is 25.4 Å². The quantitative estimate of drug-likeness (QED) is 0.778. The van der Waals surface area contributed by atoms with Crippen LogP contribution in [0.15, 0.2) is 30.3 Å². The van der Waals surface area contributed by atoms with E-state index in [0.29, 0.717) is 18.9 Å². The molecule has 1 amide bonds. The van der Waals surface area contributed by atoms with Gasteiger partial charge in [0.2, 0.25) is 5.91 Å². The molecule has 0 saturated heterocycles. The minimum absolute atomic E-state index is 0.0339. The maximum absolute atomic E-state index is 12.3. The minimum atomic E-state index is -0.0749.